The minimum absolute atomic E-state index is 0.0466. The summed E-state index contributed by atoms with van der Waals surface area (Å²) in [6, 6.07) is 16.7. The largest absolute Gasteiger partial charge is 0.496 e. The van der Waals surface area contributed by atoms with E-state index in [1.807, 2.05) is 24.3 Å². The highest BCUT2D eigenvalue weighted by atomic mass is 16.5. The summed E-state index contributed by atoms with van der Waals surface area (Å²) in [7, 11) is 1.64. The first-order valence-electron chi connectivity index (χ1n) is 9.40. The topological polar surface area (TPSA) is 41.6 Å². The van der Waals surface area contributed by atoms with Gasteiger partial charge in [-0.1, -0.05) is 49.4 Å². The first-order chi connectivity index (χ1) is 12.7. The molecule has 2 aromatic rings. The van der Waals surface area contributed by atoms with Crippen LogP contribution in [-0.4, -0.2) is 37.0 Å². The summed E-state index contributed by atoms with van der Waals surface area (Å²) in [5, 5.41) is 3.12. The predicted octanol–water partition coefficient (Wildman–Crippen LogP) is 3.19. The molecule has 1 atom stereocenters. The van der Waals surface area contributed by atoms with Crippen LogP contribution in [0.15, 0.2) is 48.5 Å². The molecule has 1 aliphatic rings. The Bertz CT molecular complexity index is 744. The fourth-order valence-electron chi connectivity index (χ4n) is 3.68. The van der Waals surface area contributed by atoms with E-state index in [0.717, 1.165) is 37.2 Å². The van der Waals surface area contributed by atoms with Crippen LogP contribution in [0.1, 0.15) is 30.0 Å². The van der Waals surface area contributed by atoms with Crippen LogP contribution in [0.25, 0.3) is 0 Å². The van der Waals surface area contributed by atoms with E-state index in [1.165, 1.54) is 11.1 Å². The number of amides is 1. The normalized spacial score (nSPS) is 15.2. The van der Waals surface area contributed by atoms with E-state index in [9.17, 15) is 4.79 Å². The van der Waals surface area contributed by atoms with Crippen molar-refractivity contribution in [3.05, 3.63) is 65.2 Å². The molecule has 1 amide bonds. The van der Waals surface area contributed by atoms with Gasteiger partial charge in [-0.3, -0.25) is 9.69 Å². The molecular formula is C22H28N2O2. The van der Waals surface area contributed by atoms with Gasteiger partial charge in [-0.15, -0.1) is 0 Å². The average Bonchev–Trinajstić information content (AvgIpc) is 2.68. The Kier molecular flexibility index (Phi) is 6.29. The Morgan fingerprint density at radius 3 is 2.65 bits per heavy atom. The number of benzene rings is 2. The molecule has 0 fully saturated rings. The Hall–Kier alpha value is -2.33. The van der Waals surface area contributed by atoms with Crippen molar-refractivity contribution in [3.63, 3.8) is 0 Å². The molecule has 0 radical (unpaired) electrons. The van der Waals surface area contributed by atoms with E-state index < -0.39 is 0 Å². The van der Waals surface area contributed by atoms with E-state index in [1.54, 1.807) is 7.11 Å². The summed E-state index contributed by atoms with van der Waals surface area (Å²) in [5.41, 5.74) is 3.80. The van der Waals surface area contributed by atoms with Crippen molar-refractivity contribution in [2.45, 2.75) is 38.8 Å². The van der Waals surface area contributed by atoms with Crippen molar-refractivity contribution in [1.82, 2.24) is 10.2 Å². The number of ether oxygens (including phenoxy) is 1. The minimum Gasteiger partial charge on any atom is -0.496 e. The summed E-state index contributed by atoms with van der Waals surface area (Å²) < 4.78 is 5.33. The monoisotopic (exact) mass is 352 g/mol. The van der Waals surface area contributed by atoms with Crippen molar-refractivity contribution in [2.75, 3.05) is 20.2 Å². The number of hydrogen-bond acceptors (Lipinski definition) is 3. The summed E-state index contributed by atoms with van der Waals surface area (Å²) in [6.07, 6.45) is 2.46. The van der Waals surface area contributed by atoms with E-state index in [2.05, 4.69) is 41.4 Å². The van der Waals surface area contributed by atoms with Crippen LogP contribution in [0, 0.1) is 0 Å². The Morgan fingerprint density at radius 1 is 1.15 bits per heavy atom. The molecule has 0 spiro atoms. The number of carbonyl (C=O) groups excluding carboxylic acids is 1. The maximum absolute atomic E-state index is 12.4. The second-order valence-corrected chi connectivity index (χ2v) is 6.84. The highest BCUT2D eigenvalue weighted by Gasteiger charge is 2.22. The number of para-hydroxylation sites is 1. The first kappa shape index (κ1) is 18.5. The minimum atomic E-state index is 0.0466. The van der Waals surface area contributed by atoms with Gasteiger partial charge >= 0.3 is 0 Å². The number of methoxy groups -OCH3 is 1. The van der Waals surface area contributed by atoms with Gasteiger partial charge in [0, 0.05) is 31.2 Å². The second kappa shape index (κ2) is 8.86. The highest BCUT2D eigenvalue weighted by Crippen LogP contribution is 2.21. The number of nitrogens with zero attached hydrogens (tertiary/aromatic N) is 1. The van der Waals surface area contributed by atoms with Gasteiger partial charge in [-0.05, 0) is 30.0 Å². The Labute approximate surface area is 156 Å². The lowest BCUT2D eigenvalue weighted by molar-refractivity contribution is -0.120. The van der Waals surface area contributed by atoms with Crippen LogP contribution < -0.4 is 10.1 Å². The fourth-order valence-corrected chi connectivity index (χ4v) is 3.68. The summed E-state index contributed by atoms with van der Waals surface area (Å²) in [4.78, 5) is 14.9. The molecule has 1 unspecified atom stereocenters. The van der Waals surface area contributed by atoms with Crippen molar-refractivity contribution in [1.29, 1.82) is 0 Å². The zero-order chi connectivity index (χ0) is 18.4. The lowest BCUT2D eigenvalue weighted by Gasteiger charge is -2.35. The molecule has 0 aliphatic carbocycles. The van der Waals surface area contributed by atoms with Gasteiger partial charge < -0.3 is 10.1 Å². The smallest absolute Gasteiger partial charge is 0.224 e. The van der Waals surface area contributed by atoms with Crippen LogP contribution in [0.5, 0.6) is 5.75 Å². The molecule has 4 heteroatoms. The maximum Gasteiger partial charge on any atom is 0.224 e. The van der Waals surface area contributed by atoms with Gasteiger partial charge in [-0.25, -0.2) is 0 Å². The fraction of sp³-hybridized carbons (Fsp3) is 0.409. The van der Waals surface area contributed by atoms with E-state index in [-0.39, 0.29) is 5.91 Å². The van der Waals surface area contributed by atoms with Gasteiger partial charge in [0.25, 0.3) is 0 Å². The molecule has 1 N–H and O–H groups in total. The summed E-state index contributed by atoms with van der Waals surface area (Å²) >= 11 is 0. The molecule has 2 aromatic carbocycles. The number of carbonyl (C=O) groups is 1. The van der Waals surface area contributed by atoms with Crippen LogP contribution in [0.3, 0.4) is 0 Å². The average molecular weight is 352 g/mol. The predicted molar refractivity (Wildman–Crippen MR) is 104 cm³/mol. The molecular weight excluding hydrogens is 324 g/mol. The molecule has 0 saturated carbocycles. The van der Waals surface area contributed by atoms with Crippen LogP contribution in [0.4, 0.5) is 0 Å². The van der Waals surface area contributed by atoms with Gasteiger partial charge in [0.2, 0.25) is 5.91 Å². The first-order valence-corrected chi connectivity index (χ1v) is 9.40. The third-order valence-electron chi connectivity index (χ3n) is 5.23. The highest BCUT2D eigenvalue weighted by molar-refractivity contribution is 5.79. The van der Waals surface area contributed by atoms with Crippen molar-refractivity contribution in [2.24, 2.45) is 0 Å². The van der Waals surface area contributed by atoms with E-state index >= 15 is 0 Å². The lowest BCUT2D eigenvalue weighted by Crippen LogP contribution is -2.46. The van der Waals surface area contributed by atoms with Gasteiger partial charge in [-0.2, -0.15) is 0 Å². The van der Waals surface area contributed by atoms with Crippen molar-refractivity contribution in [3.8, 4) is 5.75 Å². The summed E-state index contributed by atoms with van der Waals surface area (Å²) in [5.74, 6) is 0.813. The molecule has 26 heavy (non-hydrogen) atoms. The number of nitrogens with one attached hydrogen (secondary N) is 1. The third kappa shape index (κ3) is 4.44. The van der Waals surface area contributed by atoms with Crippen molar-refractivity contribution < 1.29 is 9.53 Å². The second-order valence-electron chi connectivity index (χ2n) is 6.84. The molecule has 0 saturated heterocycles. The van der Waals surface area contributed by atoms with Crippen molar-refractivity contribution >= 4 is 5.91 Å². The Balaban J connectivity index is 1.55. The van der Waals surface area contributed by atoms with Gasteiger partial charge in [0.1, 0.15) is 5.75 Å². The molecule has 1 heterocycles. The lowest BCUT2D eigenvalue weighted by atomic mass is 9.98. The summed E-state index contributed by atoms with van der Waals surface area (Å²) in [6.45, 7) is 4.90. The maximum atomic E-state index is 12.4. The number of fused-ring (bicyclic) bond motifs is 1. The Morgan fingerprint density at radius 2 is 1.88 bits per heavy atom. The third-order valence-corrected chi connectivity index (χ3v) is 5.23. The molecule has 3 rings (SSSR count). The van der Waals surface area contributed by atoms with Crippen LogP contribution >= 0.6 is 0 Å². The quantitative estimate of drug-likeness (QED) is 0.832. The molecule has 0 bridgehead atoms. The molecule has 0 aromatic heterocycles. The van der Waals surface area contributed by atoms with E-state index in [0.29, 0.717) is 19.0 Å². The molecule has 138 valence electrons. The van der Waals surface area contributed by atoms with Crippen LogP contribution in [-0.2, 0) is 24.2 Å². The van der Waals surface area contributed by atoms with Crippen LogP contribution in [0.2, 0.25) is 0 Å². The molecule has 4 nitrogen and oxygen atoms in total. The zero-order valence-corrected chi connectivity index (χ0v) is 15.7. The molecule has 1 aliphatic heterocycles. The number of rotatable bonds is 7. The van der Waals surface area contributed by atoms with E-state index in [4.69, 9.17) is 4.74 Å². The van der Waals surface area contributed by atoms with Gasteiger partial charge in [0.05, 0.1) is 13.5 Å². The van der Waals surface area contributed by atoms with Gasteiger partial charge in [0.15, 0.2) is 0 Å². The zero-order valence-electron chi connectivity index (χ0n) is 15.7. The standard InChI is InChI=1S/C22H28N2O2/c1-3-20(24-13-12-17-8-4-5-10-19(17)16-24)15-23-22(25)14-18-9-6-7-11-21(18)26-2/h4-11,20H,3,12-16H2,1-2H3,(H,23,25). The number of hydrogen-bond donors (Lipinski definition) is 1. The SMILES string of the molecule is CCC(CNC(=O)Cc1ccccc1OC)N1CCc2ccccc2C1.